The quantitative estimate of drug-likeness (QED) is 0.0507. The maximum Gasteiger partial charge on any atom is 0.269 e. The second kappa shape index (κ2) is 18.7. The Morgan fingerprint density at radius 1 is 0.815 bits per heavy atom. The lowest BCUT2D eigenvalue weighted by molar-refractivity contribution is -0.384. The lowest BCUT2D eigenvalue weighted by atomic mass is 9.97. The van der Waals surface area contributed by atoms with Crippen molar-refractivity contribution < 1.29 is 34.3 Å². The average molecular weight is 738 g/mol. The summed E-state index contributed by atoms with van der Waals surface area (Å²) in [7, 11) is 0. The molecule has 0 bridgehead atoms. The van der Waals surface area contributed by atoms with Crippen LogP contribution in [0.3, 0.4) is 0 Å². The first-order valence-corrected chi connectivity index (χ1v) is 18.4. The van der Waals surface area contributed by atoms with Gasteiger partial charge in [0.25, 0.3) is 5.69 Å². The van der Waals surface area contributed by atoms with E-state index in [0.717, 1.165) is 71.8 Å². The third-order valence-corrected chi connectivity index (χ3v) is 10.0. The van der Waals surface area contributed by atoms with Crippen molar-refractivity contribution in [2.45, 2.75) is 63.8 Å². The Labute approximate surface area is 314 Å². The fraction of sp³-hybridized carbons (Fsp3) is 0.366. The minimum atomic E-state index is -0.597. The van der Waals surface area contributed by atoms with Crippen LogP contribution in [0.4, 0.5) is 11.4 Å². The molecule has 0 unspecified atom stereocenters. The van der Waals surface area contributed by atoms with Crippen LogP contribution in [0.15, 0.2) is 97.1 Å². The van der Waals surface area contributed by atoms with Gasteiger partial charge in [0.1, 0.15) is 0 Å². The summed E-state index contributed by atoms with van der Waals surface area (Å²) in [5.41, 5.74) is 8.39. The summed E-state index contributed by atoms with van der Waals surface area (Å²) < 4.78 is 13.3. The van der Waals surface area contributed by atoms with Crippen LogP contribution in [0.5, 0.6) is 0 Å². The molecule has 0 aromatic heterocycles. The molecule has 2 amide bonds. The van der Waals surface area contributed by atoms with Gasteiger partial charge in [-0.2, -0.15) is 0 Å². The molecule has 2 fully saturated rings. The Kier molecular flexibility index (Phi) is 13.4. The molecule has 4 aromatic rings. The van der Waals surface area contributed by atoms with Crippen molar-refractivity contribution in [2.24, 2.45) is 0 Å². The predicted octanol–water partition coefficient (Wildman–Crippen LogP) is 5.80. The van der Waals surface area contributed by atoms with Crippen molar-refractivity contribution in [1.29, 1.82) is 0 Å². The van der Waals surface area contributed by atoms with E-state index >= 15 is 0 Å². The Morgan fingerprint density at radius 3 is 2.15 bits per heavy atom. The van der Waals surface area contributed by atoms with Crippen molar-refractivity contribution in [3.63, 3.8) is 0 Å². The summed E-state index contributed by atoms with van der Waals surface area (Å²) in [4.78, 5) is 39.0. The number of ether oxygens (including phenoxy) is 2. The van der Waals surface area contributed by atoms with Crippen molar-refractivity contribution in [1.82, 2.24) is 15.7 Å². The summed E-state index contributed by atoms with van der Waals surface area (Å²) in [6, 6.07) is 30.6. The molecule has 4 aromatic carbocycles. The number of nitrogens with zero attached hydrogens (tertiary/aromatic N) is 3. The highest BCUT2D eigenvalue weighted by Gasteiger charge is 2.34. The molecule has 54 heavy (non-hydrogen) atoms. The highest BCUT2D eigenvalue weighted by Crippen LogP contribution is 2.39. The van der Waals surface area contributed by atoms with Gasteiger partial charge in [0.15, 0.2) is 6.29 Å². The number of amides is 2. The van der Waals surface area contributed by atoms with Gasteiger partial charge in [-0.15, -0.1) is 0 Å². The van der Waals surface area contributed by atoms with Gasteiger partial charge in [0.2, 0.25) is 11.8 Å². The lowest BCUT2D eigenvalue weighted by Gasteiger charge is -2.41. The van der Waals surface area contributed by atoms with Gasteiger partial charge in [0, 0.05) is 81.9 Å². The van der Waals surface area contributed by atoms with Crippen molar-refractivity contribution in [3.8, 4) is 11.1 Å². The maximum atomic E-state index is 12.5. The van der Waals surface area contributed by atoms with Crippen LogP contribution in [0.25, 0.3) is 11.1 Å². The Hall–Kier alpha value is -5.18. The molecule has 2 heterocycles. The number of benzene rings is 4. The van der Waals surface area contributed by atoms with Crippen LogP contribution in [-0.2, 0) is 32.2 Å². The number of nitrogens with one attached hydrogen (secondary N) is 2. The van der Waals surface area contributed by atoms with E-state index in [9.17, 15) is 24.8 Å². The SMILES string of the molecule is O=C(CCCCC(=O)NCc1ccccc1-c1ccc([C@H]2O[C@@H](CN3CCN(c4ccc([N+](=O)[O-])cc4)CC3)C[C@@H](c3ccc(CO)cc3)O2)cc1)NO. The van der Waals surface area contributed by atoms with Gasteiger partial charge in [0.05, 0.1) is 23.7 Å². The fourth-order valence-corrected chi connectivity index (χ4v) is 6.98. The van der Waals surface area contributed by atoms with Gasteiger partial charge in [-0.25, -0.2) is 5.48 Å². The Morgan fingerprint density at radius 2 is 1.48 bits per heavy atom. The van der Waals surface area contributed by atoms with E-state index in [4.69, 9.17) is 14.7 Å². The number of non-ortho nitro benzene ring substituents is 1. The van der Waals surface area contributed by atoms with Crippen LogP contribution in [0, 0.1) is 10.1 Å². The van der Waals surface area contributed by atoms with Crippen LogP contribution in [0.2, 0.25) is 0 Å². The lowest BCUT2D eigenvalue weighted by Crippen LogP contribution is -2.49. The summed E-state index contributed by atoms with van der Waals surface area (Å²) >= 11 is 0. The summed E-state index contributed by atoms with van der Waals surface area (Å²) in [5.74, 6) is -0.559. The number of carbonyl (C=O) groups excluding carboxylic acids is 2. The minimum Gasteiger partial charge on any atom is -0.392 e. The zero-order valence-electron chi connectivity index (χ0n) is 30.1. The molecule has 2 saturated heterocycles. The minimum absolute atomic E-state index is 0.0265. The average Bonchev–Trinajstić information content (AvgIpc) is 3.22. The molecule has 13 heteroatoms. The van der Waals surface area contributed by atoms with E-state index in [-0.39, 0.29) is 41.8 Å². The molecule has 0 radical (unpaired) electrons. The Balaban J connectivity index is 1.10. The number of hydroxylamine groups is 1. The van der Waals surface area contributed by atoms with Gasteiger partial charge < -0.3 is 24.8 Å². The normalized spacial score (nSPS) is 18.9. The number of nitro groups is 1. The molecule has 4 N–H and O–H groups in total. The first-order valence-electron chi connectivity index (χ1n) is 18.4. The second-order valence-electron chi connectivity index (χ2n) is 13.7. The number of unbranched alkanes of at least 4 members (excludes halogenated alkanes) is 1. The Bertz CT molecular complexity index is 1850. The fourth-order valence-electron chi connectivity index (χ4n) is 6.98. The van der Waals surface area contributed by atoms with Crippen LogP contribution in [0.1, 0.15) is 66.8 Å². The molecular formula is C41H47N5O8. The summed E-state index contributed by atoms with van der Waals surface area (Å²) in [6.45, 7) is 4.33. The molecule has 2 aliphatic rings. The zero-order chi connectivity index (χ0) is 37.9. The largest absolute Gasteiger partial charge is 0.392 e. The van der Waals surface area contributed by atoms with E-state index < -0.39 is 12.2 Å². The molecule has 284 valence electrons. The number of piperazine rings is 1. The molecule has 2 aliphatic heterocycles. The molecular weight excluding hydrogens is 690 g/mol. The van der Waals surface area contributed by atoms with Gasteiger partial charge in [-0.1, -0.05) is 72.8 Å². The number of hydrogen-bond acceptors (Lipinski definition) is 10. The van der Waals surface area contributed by atoms with Gasteiger partial charge >= 0.3 is 0 Å². The first kappa shape index (κ1) is 38.5. The summed E-state index contributed by atoms with van der Waals surface area (Å²) in [6.07, 6.45) is 1.29. The molecule has 3 atom stereocenters. The van der Waals surface area contributed by atoms with Crippen LogP contribution < -0.4 is 15.7 Å². The molecule has 0 aliphatic carbocycles. The molecule has 6 rings (SSSR count). The van der Waals surface area contributed by atoms with E-state index in [1.807, 2.05) is 84.9 Å². The first-order chi connectivity index (χ1) is 26.3. The van der Waals surface area contributed by atoms with Crippen LogP contribution in [-0.4, -0.2) is 70.8 Å². The van der Waals surface area contributed by atoms with Gasteiger partial charge in [-0.3, -0.25) is 29.8 Å². The standard InChI is InChI=1S/C41H47N5O8/c47-28-29-9-11-31(12-10-29)38-25-36(27-44-21-23-45(24-22-44)34-17-19-35(20-18-34)46(51)52)53-41(54-38)32-15-13-30(14-16-32)37-6-2-1-5-33(37)26-42-39(48)7-3-4-8-40(49)43-50/h1-2,5-6,9-20,36,38,41,47,50H,3-4,7-8,21-28H2,(H,42,48)(H,43,49)/t36-,38+,41+/m1/s1. The van der Waals surface area contributed by atoms with E-state index in [0.29, 0.717) is 32.2 Å². The molecule has 13 nitrogen and oxygen atoms in total. The van der Waals surface area contributed by atoms with Crippen LogP contribution >= 0.6 is 0 Å². The van der Waals surface area contributed by atoms with Crippen molar-refractivity contribution >= 4 is 23.2 Å². The molecule has 0 saturated carbocycles. The zero-order valence-corrected chi connectivity index (χ0v) is 30.1. The summed E-state index contributed by atoms with van der Waals surface area (Å²) in [5, 5.41) is 32.3. The third kappa shape index (κ3) is 10.3. The second-order valence-corrected chi connectivity index (χ2v) is 13.7. The number of rotatable bonds is 15. The van der Waals surface area contributed by atoms with E-state index in [1.165, 1.54) is 0 Å². The number of carbonyl (C=O) groups is 2. The number of anilines is 1. The van der Waals surface area contributed by atoms with Gasteiger partial charge in [-0.05, 0) is 52.8 Å². The highest BCUT2D eigenvalue weighted by molar-refractivity contribution is 5.77. The number of aliphatic hydroxyl groups excluding tert-OH is 1. The predicted molar refractivity (Wildman–Crippen MR) is 202 cm³/mol. The number of hydrogen-bond donors (Lipinski definition) is 4. The van der Waals surface area contributed by atoms with E-state index in [1.54, 1.807) is 17.6 Å². The highest BCUT2D eigenvalue weighted by atomic mass is 16.7. The maximum absolute atomic E-state index is 12.5. The van der Waals surface area contributed by atoms with Crippen molar-refractivity contribution in [3.05, 3.63) is 129 Å². The topological polar surface area (TPSA) is 167 Å². The number of aliphatic hydroxyl groups is 1. The smallest absolute Gasteiger partial charge is 0.269 e. The number of nitro benzene ring substituents is 1. The molecule has 0 spiro atoms. The third-order valence-electron chi connectivity index (χ3n) is 10.0. The van der Waals surface area contributed by atoms with E-state index in [2.05, 4.69) is 15.1 Å². The van der Waals surface area contributed by atoms with Crippen molar-refractivity contribution in [2.75, 3.05) is 37.6 Å². The monoisotopic (exact) mass is 737 g/mol.